The van der Waals surface area contributed by atoms with E-state index in [1.54, 1.807) is 6.20 Å². The summed E-state index contributed by atoms with van der Waals surface area (Å²) < 4.78 is 0. The van der Waals surface area contributed by atoms with Crippen LogP contribution in [0, 0.1) is 5.92 Å². The van der Waals surface area contributed by atoms with Gasteiger partial charge in [0.1, 0.15) is 5.82 Å². The minimum atomic E-state index is 0.708. The first-order valence-electron chi connectivity index (χ1n) is 9.39. The van der Waals surface area contributed by atoms with Crippen LogP contribution < -0.4 is 5.32 Å². The fourth-order valence-corrected chi connectivity index (χ4v) is 3.36. The predicted molar refractivity (Wildman–Crippen MR) is 109 cm³/mol. The van der Waals surface area contributed by atoms with Gasteiger partial charge in [0.2, 0.25) is 0 Å². The SMILES string of the molecule is c1ccc(-c2cccc3nc(-c4cccnc4)nc(NCC4CC4)c23)cc1. The van der Waals surface area contributed by atoms with Crippen molar-refractivity contribution in [2.75, 3.05) is 11.9 Å². The average Bonchev–Trinajstić information content (AvgIpc) is 3.57. The predicted octanol–water partition coefficient (Wildman–Crippen LogP) is 5.18. The molecule has 0 aliphatic heterocycles. The summed E-state index contributed by atoms with van der Waals surface area (Å²) in [6, 6.07) is 20.6. The topological polar surface area (TPSA) is 50.7 Å². The lowest BCUT2D eigenvalue weighted by molar-refractivity contribution is 0.884. The van der Waals surface area contributed by atoms with Gasteiger partial charge in [0.25, 0.3) is 0 Å². The van der Waals surface area contributed by atoms with Gasteiger partial charge < -0.3 is 5.32 Å². The molecule has 1 fully saturated rings. The number of hydrogen-bond donors (Lipinski definition) is 1. The molecule has 1 saturated carbocycles. The smallest absolute Gasteiger partial charge is 0.163 e. The fraction of sp³-hybridized carbons (Fsp3) is 0.174. The lowest BCUT2D eigenvalue weighted by atomic mass is 10.0. The second-order valence-corrected chi connectivity index (χ2v) is 7.03. The van der Waals surface area contributed by atoms with Gasteiger partial charge in [0.15, 0.2) is 5.82 Å². The molecule has 0 unspecified atom stereocenters. The van der Waals surface area contributed by atoms with Gasteiger partial charge in [-0.2, -0.15) is 0 Å². The molecule has 2 aromatic heterocycles. The molecule has 4 nitrogen and oxygen atoms in total. The van der Waals surface area contributed by atoms with Crippen LogP contribution in [0.1, 0.15) is 12.8 Å². The van der Waals surface area contributed by atoms with Crippen molar-refractivity contribution in [3.8, 4) is 22.5 Å². The molecule has 4 heteroatoms. The van der Waals surface area contributed by atoms with E-state index in [0.717, 1.165) is 40.3 Å². The Morgan fingerprint density at radius 2 is 1.70 bits per heavy atom. The molecule has 1 aliphatic rings. The molecule has 0 atom stereocenters. The van der Waals surface area contributed by atoms with Crippen molar-refractivity contribution < 1.29 is 0 Å². The zero-order valence-corrected chi connectivity index (χ0v) is 15.0. The van der Waals surface area contributed by atoms with E-state index in [2.05, 4.69) is 52.8 Å². The Balaban J connectivity index is 1.71. The maximum atomic E-state index is 4.89. The number of nitrogens with one attached hydrogen (secondary N) is 1. The Morgan fingerprint density at radius 3 is 2.48 bits per heavy atom. The molecule has 27 heavy (non-hydrogen) atoms. The standard InChI is InChI=1S/C23H20N4/c1-2-6-17(7-3-1)19-9-4-10-20-21(19)23(25-14-16-11-12-16)27-22(26-20)18-8-5-13-24-15-18/h1-10,13,15-16H,11-12,14H2,(H,25,26,27). The number of nitrogens with zero attached hydrogens (tertiary/aromatic N) is 3. The minimum absolute atomic E-state index is 0.708. The van der Waals surface area contributed by atoms with Crippen LogP contribution in [-0.2, 0) is 0 Å². The third-order valence-electron chi connectivity index (χ3n) is 4.98. The molecule has 0 bridgehead atoms. The van der Waals surface area contributed by atoms with Gasteiger partial charge >= 0.3 is 0 Å². The molecule has 1 N–H and O–H groups in total. The number of pyridine rings is 1. The molecule has 4 aromatic rings. The van der Waals surface area contributed by atoms with E-state index in [-0.39, 0.29) is 0 Å². The van der Waals surface area contributed by atoms with Crippen LogP contribution in [0.3, 0.4) is 0 Å². The van der Waals surface area contributed by atoms with Gasteiger partial charge in [0.05, 0.1) is 10.9 Å². The highest BCUT2D eigenvalue weighted by Gasteiger charge is 2.22. The summed E-state index contributed by atoms with van der Waals surface area (Å²) in [5, 5.41) is 4.68. The molecule has 5 rings (SSSR count). The summed E-state index contributed by atoms with van der Waals surface area (Å²) in [4.78, 5) is 14.0. The van der Waals surface area contributed by atoms with Gasteiger partial charge in [-0.3, -0.25) is 4.98 Å². The van der Waals surface area contributed by atoms with Crippen molar-refractivity contribution in [3.63, 3.8) is 0 Å². The van der Waals surface area contributed by atoms with Crippen molar-refractivity contribution in [3.05, 3.63) is 73.1 Å². The Kier molecular flexibility index (Phi) is 4.02. The number of aromatic nitrogens is 3. The Labute approximate surface area is 158 Å². The highest BCUT2D eigenvalue weighted by Crippen LogP contribution is 2.35. The number of benzene rings is 2. The van der Waals surface area contributed by atoms with Crippen molar-refractivity contribution in [2.24, 2.45) is 5.92 Å². The van der Waals surface area contributed by atoms with E-state index < -0.39 is 0 Å². The number of rotatable bonds is 5. The zero-order chi connectivity index (χ0) is 18.1. The highest BCUT2D eigenvalue weighted by atomic mass is 15.0. The van der Waals surface area contributed by atoms with Crippen LogP contribution in [0.5, 0.6) is 0 Å². The minimum Gasteiger partial charge on any atom is -0.369 e. The lowest BCUT2D eigenvalue weighted by Crippen LogP contribution is -2.07. The summed E-state index contributed by atoms with van der Waals surface area (Å²) in [7, 11) is 0. The Morgan fingerprint density at radius 1 is 0.852 bits per heavy atom. The van der Waals surface area contributed by atoms with Crippen LogP contribution in [0.25, 0.3) is 33.4 Å². The van der Waals surface area contributed by atoms with Crippen molar-refractivity contribution in [2.45, 2.75) is 12.8 Å². The fourth-order valence-electron chi connectivity index (χ4n) is 3.36. The summed E-state index contributed by atoms with van der Waals surface area (Å²) in [5.41, 5.74) is 4.21. The first-order chi connectivity index (χ1) is 13.4. The molecule has 1 aliphatic carbocycles. The first-order valence-corrected chi connectivity index (χ1v) is 9.39. The van der Waals surface area contributed by atoms with Crippen LogP contribution in [-0.4, -0.2) is 21.5 Å². The van der Waals surface area contributed by atoms with Gasteiger partial charge in [-0.05, 0) is 48.1 Å². The molecule has 0 saturated heterocycles. The molecule has 132 valence electrons. The number of fused-ring (bicyclic) bond motifs is 1. The van der Waals surface area contributed by atoms with Gasteiger partial charge in [-0.1, -0.05) is 42.5 Å². The summed E-state index contributed by atoms with van der Waals surface area (Å²) >= 11 is 0. The summed E-state index contributed by atoms with van der Waals surface area (Å²) in [5.74, 6) is 2.38. The third kappa shape index (κ3) is 3.26. The van der Waals surface area contributed by atoms with Crippen LogP contribution in [0.15, 0.2) is 73.1 Å². The second-order valence-electron chi connectivity index (χ2n) is 7.03. The highest BCUT2D eigenvalue weighted by molar-refractivity contribution is 6.02. The molecule has 0 spiro atoms. The third-order valence-corrected chi connectivity index (χ3v) is 4.98. The molecule has 2 aromatic carbocycles. The van der Waals surface area contributed by atoms with Crippen LogP contribution in [0.2, 0.25) is 0 Å². The molecular formula is C23H20N4. The van der Waals surface area contributed by atoms with E-state index >= 15 is 0 Å². The van der Waals surface area contributed by atoms with Crippen molar-refractivity contribution in [1.29, 1.82) is 0 Å². The second kappa shape index (κ2) is 6.80. The number of anilines is 1. The van der Waals surface area contributed by atoms with Crippen LogP contribution in [0.4, 0.5) is 5.82 Å². The normalized spacial score (nSPS) is 13.6. The molecule has 0 radical (unpaired) electrons. The molecular weight excluding hydrogens is 332 g/mol. The summed E-state index contributed by atoms with van der Waals surface area (Å²) in [6.45, 7) is 0.960. The van der Waals surface area contributed by atoms with Gasteiger partial charge in [0, 0.05) is 24.5 Å². The molecule has 0 amide bonds. The van der Waals surface area contributed by atoms with Gasteiger partial charge in [-0.15, -0.1) is 0 Å². The van der Waals surface area contributed by atoms with Crippen molar-refractivity contribution >= 4 is 16.7 Å². The Hall–Kier alpha value is -3.27. The number of hydrogen-bond acceptors (Lipinski definition) is 4. The van der Waals surface area contributed by atoms with Gasteiger partial charge in [-0.25, -0.2) is 9.97 Å². The van der Waals surface area contributed by atoms with E-state index in [4.69, 9.17) is 9.97 Å². The quantitative estimate of drug-likeness (QED) is 0.538. The van der Waals surface area contributed by atoms with E-state index in [1.807, 2.05) is 24.4 Å². The van der Waals surface area contributed by atoms with E-state index in [1.165, 1.54) is 18.4 Å². The van der Waals surface area contributed by atoms with E-state index in [0.29, 0.717) is 5.82 Å². The zero-order valence-electron chi connectivity index (χ0n) is 15.0. The van der Waals surface area contributed by atoms with Crippen molar-refractivity contribution in [1.82, 2.24) is 15.0 Å². The summed E-state index contributed by atoms with van der Waals surface area (Å²) in [6.07, 6.45) is 6.19. The van der Waals surface area contributed by atoms with Crippen LogP contribution >= 0.6 is 0 Å². The molecule has 2 heterocycles. The maximum absolute atomic E-state index is 4.89. The van der Waals surface area contributed by atoms with E-state index in [9.17, 15) is 0 Å². The monoisotopic (exact) mass is 352 g/mol. The lowest BCUT2D eigenvalue weighted by Gasteiger charge is -2.14. The Bertz CT molecular complexity index is 1070. The average molecular weight is 352 g/mol. The maximum Gasteiger partial charge on any atom is 0.163 e. The first kappa shape index (κ1) is 15.9. The largest absolute Gasteiger partial charge is 0.369 e.